The summed E-state index contributed by atoms with van der Waals surface area (Å²) in [5, 5.41) is 0. The minimum atomic E-state index is 0.737. The highest BCUT2D eigenvalue weighted by Gasteiger charge is 2.19. The first kappa shape index (κ1) is 12.7. The van der Waals surface area contributed by atoms with E-state index in [9.17, 15) is 0 Å². The molecule has 20 heavy (non-hydrogen) atoms. The van der Waals surface area contributed by atoms with Gasteiger partial charge in [-0.15, -0.1) is 0 Å². The molecule has 5 nitrogen and oxygen atoms in total. The zero-order valence-electron chi connectivity index (χ0n) is 11.9. The van der Waals surface area contributed by atoms with Crippen molar-refractivity contribution in [1.82, 2.24) is 9.97 Å². The van der Waals surface area contributed by atoms with Crippen LogP contribution in [0.3, 0.4) is 0 Å². The molecule has 0 aliphatic carbocycles. The Hall–Kier alpha value is -2.30. The maximum atomic E-state index is 6.04. The average Bonchev–Trinajstić information content (AvgIpc) is 2.47. The van der Waals surface area contributed by atoms with Crippen molar-refractivity contribution in [2.24, 2.45) is 0 Å². The third-order valence-corrected chi connectivity index (χ3v) is 3.65. The van der Waals surface area contributed by atoms with E-state index >= 15 is 0 Å². The van der Waals surface area contributed by atoms with Crippen LogP contribution in [-0.4, -0.2) is 30.6 Å². The van der Waals surface area contributed by atoms with Crippen molar-refractivity contribution in [2.45, 2.75) is 13.0 Å². The molecular weight excluding hydrogens is 250 g/mol. The summed E-state index contributed by atoms with van der Waals surface area (Å²) < 4.78 is 0. The second kappa shape index (κ2) is 5.00. The predicted octanol–water partition coefficient (Wildman–Crippen LogP) is 1.69. The zero-order chi connectivity index (χ0) is 14.1. The lowest BCUT2D eigenvalue weighted by Crippen LogP contribution is -2.31. The van der Waals surface area contributed by atoms with Gasteiger partial charge in [0.05, 0.1) is 0 Å². The minimum absolute atomic E-state index is 0.737. The molecule has 0 radical (unpaired) electrons. The highest BCUT2D eigenvalue weighted by atomic mass is 15.3. The Balaban J connectivity index is 1.89. The van der Waals surface area contributed by atoms with Gasteiger partial charge in [-0.05, 0) is 29.7 Å². The Morgan fingerprint density at radius 1 is 1.25 bits per heavy atom. The third-order valence-electron chi connectivity index (χ3n) is 3.65. The number of benzene rings is 1. The van der Waals surface area contributed by atoms with Gasteiger partial charge in [0.2, 0.25) is 5.95 Å². The van der Waals surface area contributed by atoms with Crippen molar-refractivity contribution in [3.63, 3.8) is 0 Å². The fraction of sp³-hybridized carbons (Fsp3) is 0.333. The van der Waals surface area contributed by atoms with Gasteiger partial charge in [0, 0.05) is 39.1 Å². The summed E-state index contributed by atoms with van der Waals surface area (Å²) >= 11 is 0. The lowest BCUT2D eigenvalue weighted by Gasteiger charge is -2.30. The number of nitrogens with zero attached hydrogens (tertiary/aromatic N) is 4. The summed E-state index contributed by atoms with van der Waals surface area (Å²) in [4.78, 5) is 13.1. The van der Waals surface area contributed by atoms with E-state index in [1.807, 2.05) is 43.4 Å². The van der Waals surface area contributed by atoms with E-state index in [2.05, 4.69) is 20.9 Å². The smallest absolute Gasteiger partial charge is 0.226 e. The summed E-state index contributed by atoms with van der Waals surface area (Å²) in [6, 6.07) is 8.10. The van der Waals surface area contributed by atoms with Gasteiger partial charge in [-0.3, -0.25) is 0 Å². The van der Waals surface area contributed by atoms with E-state index in [0.717, 1.165) is 37.0 Å². The van der Waals surface area contributed by atoms with Gasteiger partial charge in [0.25, 0.3) is 0 Å². The first-order valence-corrected chi connectivity index (χ1v) is 6.76. The minimum Gasteiger partial charge on any atom is -0.398 e. The number of fused-ring (bicyclic) bond motifs is 1. The lowest BCUT2D eigenvalue weighted by molar-refractivity contribution is 0.720. The zero-order valence-corrected chi connectivity index (χ0v) is 11.9. The van der Waals surface area contributed by atoms with Crippen LogP contribution in [0, 0.1) is 0 Å². The maximum Gasteiger partial charge on any atom is 0.226 e. The number of nitrogens with two attached hydrogens (primary N) is 1. The van der Waals surface area contributed by atoms with Crippen molar-refractivity contribution in [3.05, 3.63) is 41.6 Å². The quantitative estimate of drug-likeness (QED) is 0.841. The number of rotatable bonds is 2. The number of nitrogen functional groups attached to an aromatic ring is 1. The van der Waals surface area contributed by atoms with Crippen LogP contribution in [0.5, 0.6) is 0 Å². The van der Waals surface area contributed by atoms with Gasteiger partial charge in [-0.25, -0.2) is 4.98 Å². The molecule has 1 aliphatic heterocycles. The molecule has 0 fully saturated rings. The van der Waals surface area contributed by atoms with E-state index in [-0.39, 0.29) is 0 Å². The molecule has 3 rings (SSSR count). The standard InChI is InChI=1S/C15H19N5/c1-19(2)15-17-8-6-14(18-15)20-9-7-12-11(10-20)4-3-5-13(12)16/h3-6,8H,7,9-10,16H2,1-2H3. The van der Waals surface area contributed by atoms with E-state index in [1.165, 1.54) is 11.1 Å². The van der Waals surface area contributed by atoms with Crippen molar-refractivity contribution < 1.29 is 0 Å². The Labute approximate surface area is 119 Å². The molecule has 1 aliphatic rings. The topological polar surface area (TPSA) is 58.3 Å². The molecule has 0 saturated carbocycles. The molecule has 0 unspecified atom stereocenters. The SMILES string of the molecule is CN(C)c1nccc(N2CCc3c(N)cccc3C2)n1. The molecule has 0 bridgehead atoms. The van der Waals surface area contributed by atoms with Crippen LogP contribution in [0.15, 0.2) is 30.5 Å². The molecule has 0 saturated heterocycles. The van der Waals surface area contributed by atoms with Gasteiger partial charge in [-0.2, -0.15) is 4.98 Å². The summed E-state index contributed by atoms with van der Waals surface area (Å²) in [5.41, 5.74) is 9.52. The molecule has 1 aromatic carbocycles. The Kier molecular flexibility index (Phi) is 3.18. The van der Waals surface area contributed by atoms with Crippen LogP contribution in [-0.2, 0) is 13.0 Å². The molecule has 104 valence electrons. The summed E-state index contributed by atoms with van der Waals surface area (Å²) in [5.74, 6) is 1.71. The van der Waals surface area contributed by atoms with E-state index in [0.29, 0.717) is 0 Å². The molecule has 0 atom stereocenters. The number of aromatic nitrogens is 2. The van der Waals surface area contributed by atoms with Gasteiger partial charge in [0.1, 0.15) is 5.82 Å². The van der Waals surface area contributed by atoms with E-state index in [4.69, 9.17) is 5.73 Å². The summed E-state index contributed by atoms with van der Waals surface area (Å²) in [6.07, 6.45) is 2.77. The molecular formula is C15H19N5. The van der Waals surface area contributed by atoms with Gasteiger partial charge >= 0.3 is 0 Å². The molecule has 2 N–H and O–H groups in total. The Bertz CT molecular complexity index is 623. The van der Waals surface area contributed by atoms with Crippen molar-refractivity contribution in [1.29, 1.82) is 0 Å². The normalized spacial score (nSPS) is 14.0. The van der Waals surface area contributed by atoms with E-state index in [1.54, 1.807) is 0 Å². The van der Waals surface area contributed by atoms with Crippen LogP contribution >= 0.6 is 0 Å². The number of hydrogen-bond acceptors (Lipinski definition) is 5. The fourth-order valence-electron chi connectivity index (χ4n) is 2.57. The van der Waals surface area contributed by atoms with Crippen molar-refractivity contribution in [3.8, 4) is 0 Å². The summed E-state index contributed by atoms with van der Waals surface area (Å²) in [7, 11) is 3.90. The maximum absolute atomic E-state index is 6.04. The van der Waals surface area contributed by atoms with Crippen molar-refractivity contribution >= 4 is 17.5 Å². The molecule has 0 amide bonds. The Morgan fingerprint density at radius 3 is 2.90 bits per heavy atom. The van der Waals surface area contributed by atoms with Gasteiger partial charge in [-0.1, -0.05) is 12.1 Å². The molecule has 0 spiro atoms. The second-order valence-corrected chi connectivity index (χ2v) is 5.27. The first-order chi connectivity index (χ1) is 9.65. The predicted molar refractivity (Wildman–Crippen MR) is 82.0 cm³/mol. The fourth-order valence-corrected chi connectivity index (χ4v) is 2.57. The number of hydrogen-bond donors (Lipinski definition) is 1. The highest BCUT2D eigenvalue weighted by Crippen LogP contribution is 2.27. The second-order valence-electron chi connectivity index (χ2n) is 5.27. The van der Waals surface area contributed by atoms with Crippen molar-refractivity contribution in [2.75, 3.05) is 36.2 Å². The molecule has 2 aromatic rings. The lowest BCUT2D eigenvalue weighted by atomic mass is 9.98. The van der Waals surface area contributed by atoms with Crippen LogP contribution in [0.25, 0.3) is 0 Å². The molecule has 5 heteroatoms. The van der Waals surface area contributed by atoms with Gasteiger partial charge in [0.15, 0.2) is 0 Å². The van der Waals surface area contributed by atoms with Crippen LogP contribution in [0.1, 0.15) is 11.1 Å². The van der Waals surface area contributed by atoms with Crippen LogP contribution in [0.4, 0.5) is 17.5 Å². The summed E-state index contributed by atoms with van der Waals surface area (Å²) in [6.45, 7) is 1.79. The average molecular weight is 269 g/mol. The number of anilines is 3. The van der Waals surface area contributed by atoms with Crippen LogP contribution in [0.2, 0.25) is 0 Å². The first-order valence-electron chi connectivity index (χ1n) is 6.76. The largest absolute Gasteiger partial charge is 0.398 e. The highest BCUT2D eigenvalue weighted by molar-refractivity contribution is 5.55. The van der Waals surface area contributed by atoms with Gasteiger partial charge < -0.3 is 15.5 Å². The van der Waals surface area contributed by atoms with Crippen LogP contribution < -0.4 is 15.5 Å². The molecule has 2 heterocycles. The van der Waals surface area contributed by atoms with E-state index < -0.39 is 0 Å². The Morgan fingerprint density at radius 2 is 2.10 bits per heavy atom. The molecule has 1 aromatic heterocycles. The monoisotopic (exact) mass is 269 g/mol. The third kappa shape index (κ3) is 2.27.